The van der Waals surface area contributed by atoms with Gasteiger partial charge in [0.1, 0.15) is 0 Å². The second-order valence-corrected chi connectivity index (χ2v) is 2.61. The van der Waals surface area contributed by atoms with Gasteiger partial charge < -0.3 is 9.64 Å². The van der Waals surface area contributed by atoms with Crippen LogP contribution >= 0.6 is 0 Å². The summed E-state index contributed by atoms with van der Waals surface area (Å²) in [6, 6.07) is 0. The number of amides is 1. The molecule has 1 atom stereocenters. The standard InChI is InChI=1S/C7H11NO3/c1-5(9)8(2)6-3-4-7(10)11-6/h6H,3-4H2,1-2H3. The van der Waals surface area contributed by atoms with Crippen LogP contribution in [0.2, 0.25) is 0 Å². The molecule has 0 aromatic rings. The number of cyclic esters (lactones) is 1. The molecule has 1 aliphatic rings. The summed E-state index contributed by atoms with van der Waals surface area (Å²) < 4.78 is 4.85. The van der Waals surface area contributed by atoms with Gasteiger partial charge >= 0.3 is 5.97 Å². The van der Waals surface area contributed by atoms with Gasteiger partial charge in [-0.2, -0.15) is 0 Å². The van der Waals surface area contributed by atoms with Gasteiger partial charge in [-0.3, -0.25) is 9.59 Å². The molecule has 4 heteroatoms. The topological polar surface area (TPSA) is 46.6 Å². The van der Waals surface area contributed by atoms with E-state index in [1.807, 2.05) is 0 Å². The average Bonchev–Trinajstić information content (AvgIpc) is 2.34. The maximum atomic E-state index is 10.8. The van der Waals surface area contributed by atoms with Crippen molar-refractivity contribution >= 4 is 11.9 Å². The van der Waals surface area contributed by atoms with E-state index in [2.05, 4.69) is 0 Å². The van der Waals surface area contributed by atoms with E-state index in [1.54, 1.807) is 7.05 Å². The third-order valence-corrected chi connectivity index (χ3v) is 1.79. The van der Waals surface area contributed by atoms with Crippen molar-refractivity contribution in [3.8, 4) is 0 Å². The largest absolute Gasteiger partial charge is 0.441 e. The van der Waals surface area contributed by atoms with Crippen molar-refractivity contribution in [2.24, 2.45) is 0 Å². The Labute approximate surface area is 65.1 Å². The van der Waals surface area contributed by atoms with E-state index < -0.39 is 0 Å². The third kappa shape index (κ3) is 1.69. The van der Waals surface area contributed by atoms with Crippen LogP contribution in [-0.2, 0) is 14.3 Å². The molecule has 1 saturated heterocycles. The second kappa shape index (κ2) is 2.90. The molecule has 1 rings (SSSR count). The average molecular weight is 157 g/mol. The molecule has 0 spiro atoms. The molecule has 1 amide bonds. The number of carbonyl (C=O) groups excluding carboxylic acids is 2. The number of carbonyl (C=O) groups is 2. The quantitative estimate of drug-likeness (QED) is 0.508. The molecule has 0 aromatic carbocycles. The third-order valence-electron chi connectivity index (χ3n) is 1.79. The van der Waals surface area contributed by atoms with E-state index in [0.29, 0.717) is 12.8 Å². The summed E-state index contributed by atoms with van der Waals surface area (Å²) in [6.45, 7) is 1.45. The molecule has 1 fully saturated rings. The van der Waals surface area contributed by atoms with Crippen LogP contribution in [0.3, 0.4) is 0 Å². The van der Waals surface area contributed by atoms with Gasteiger partial charge in [-0.15, -0.1) is 0 Å². The minimum absolute atomic E-state index is 0.0790. The Morgan fingerprint density at radius 1 is 1.73 bits per heavy atom. The van der Waals surface area contributed by atoms with Gasteiger partial charge in [-0.25, -0.2) is 0 Å². The number of hydrogen-bond acceptors (Lipinski definition) is 3. The van der Waals surface area contributed by atoms with Gasteiger partial charge in [0.25, 0.3) is 0 Å². The highest BCUT2D eigenvalue weighted by atomic mass is 16.6. The molecule has 0 radical (unpaired) electrons. The van der Waals surface area contributed by atoms with Crippen LogP contribution in [0.15, 0.2) is 0 Å². The molecule has 1 unspecified atom stereocenters. The Bertz CT molecular complexity index is 190. The zero-order valence-corrected chi connectivity index (χ0v) is 6.66. The summed E-state index contributed by atoms with van der Waals surface area (Å²) in [7, 11) is 1.63. The second-order valence-electron chi connectivity index (χ2n) is 2.61. The molecule has 0 N–H and O–H groups in total. The molecule has 4 nitrogen and oxygen atoms in total. The minimum atomic E-state index is -0.333. The maximum absolute atomic E-state index is 10.8. The fraction of sp³-hybridized carbons (Fsp3) is 0.714. The van der Waals surface area contributed by atoms with E-state index in [0.717, 1.165) is 0 Å². The van der Waals surface area contributed by atoms with Crippen LogP contribution in [0.25, 0.3) is 0 Å². The van der Waals surface area contributed by atoms with Crippen molar-refractivity contribution in [3.63, 3.8) is 0 Å². The van der Waals surface area contributed by atoms with Crippen molar-refractivity contribution in [3.05, 3.63) is 0 Å². The zero-order valence-electron chi connectivity index (χ0n) is 6.66. The van der Waals surface area contributed by atoms with Crippen LogP contribution in [0.4, 0.5) is 0 Å². The lowest BCUT2D eigenvalue weighted by Gasteiger charge is -2.20. The number of hydrogen-bond donors (Lipinski definition) is 0. The van der Waals surface area contributed by atoms with E-state index >= 15 is 0 Å². The van der Waals surface area contributed by atoms with Crippen LogP contribution in [0, 0.1) is 0 Å². The zero-order chi connectivity index (χ0) is 8.43. The lowest BCUT2D eigenvalue weighted by atomic mass is 10.3. The molecule has 0 saturated carbocycles. The minimum Gasteiger partial charge on any atom is -0.441 e. The Balaban J connectivity index is 2.49. The van der Waals surface area contributed by atoms with Crippen LogP contribution in [0.5, 0.6) is 0 Å². The van der Waals surface area contributed by atoms with Crippen molar-refractivity contribution < 1.29 is 14.3 Å². The van der Waals surface area contributed by atoms with Crippen LogP contribution < -0.4 is 0 Å². The summed E-state index contributed by atoms with van der Waals surface area (Å²) in [5.41, 5.74) is 0. The SMILES string of the molecule is CC(=O)N(C)C1CCC(=O)O1. The smallest absolute Gasteiger partial charge is 0.307 e. The monoisotopic (exact) mass is 157 g/mol. The van der Waals surface area contributed by atoms with Gasteiger partial charge in [-0.1, -0.05) is 0 Å². The molecule has 0 aromatic heterocycles. The maximum Gasteiger partial charge on any atom is 0.307 e. The van der Waals surface area contributed by atoms with Crippen molar-refractivity contribution in [2.75, 3.05) is 7.05 Å². The molecule has 1 heterocycles. The summed E-state index contributed by atoms with van der Waals surface area (Å²) in [4.78, 5) is 22.8. The highest BCUT2D eigenvalue weighted by Gasteiger charge is 2.27. The number of esters is 1. The number of rotatable bonds is 1. The van der Waals surface area contributed by atoms with Gasteiger partial charge in [0.15, 0.2) is 6.23 Å². The lowest BCUT2D eigenvalue weighted by Crippen LogP contribution is -2.34. The van der Waals surface area contributed by atoms with Crippen molar-refractivity contribution in [2.45, 2.75) is 26.0 Å². The number of ether oxygens (including phenoxy) is 1. The van der Waals surface area contributed by atoms with Crippen molar-refractivity contribution in [1.29, 1.82) is 0 Å². The molecule has 1 aliphatic heterocycles. The highest BCUT2D eigenvalue weighted by molar-refractivity contribution is 5.75. The first-order valence-electron chi connectivity index (χ1n) is 3.54. The molecule has 0 bridgehead atoms. The van der Waals surface area contributed by atoms with Crippen LogP contribution in [0.1, 0.15) is 19.8 Å². The molecule has 11 heavy (non-hydrogen) atoms. The summed E-state index contributed by atoms with van der Waals surface area (Å²) in [5.74, 6) is -0.298. The van der Waals surface area contributed by atoms with Gasteiger partial charge in [0.2, 0.25) is 5.91 Å². The Kier molecular flexibility index (Phi) is 2.12. The predicted octanol–water partition coefficient (Wildman–Crippen LogP) is 0.128. The van der Waals surface area contributed by atoms with E-state index in [9.17, 15) is 9.59 Å². The molecule has 0 aliphatic carbocycles. The van der Waals surface area contributed by atoms with Gasteiger partial charge in [-0.05, 0) is 0 Å². The summed E-state index contributed by atoms with van der Waals surface area (Å²) >= 11 is 0. The first kappa shape index (κ1) is 8.04. The summed E-state index contributed by atoms with van der Waals surface area (Å²) in [6.07, 6.45) is 0.706. The van der Waals surface area contributed by atoms with E-state index in [4.69, 9.17) is 4.74 Å². The summed E-state index contributed by atoms with van der Waals surface area (Å²) in [5, 5.41) is 0. The molecular weight excluding hydrogens is 146 g/mol. The Hall–Kier alpha value is -1.06. The molecule has 62 valence electrons. The lowest BCUT2D eigenvalue weighted by molar-refractivity contribution is -0.152. The van der Waals surface area contributed by atoms with Gasteiger partial charge in [0, 0.05) is 20.4 Å². The van der Waals surface area contributed by atoms with Crippen molar-refractivity contribution in [1.82, 2.24) is 4.90 Å². The highest BCUT2D eigenvalue weighted by Crippen LogP contribution is 2.16. The molecular formula is C7H11NO3. The van der Waals surface area contributed by atoms with E-state index in [-0.39, 0.29) is 18.1 Å². The first-order chi connectivity index (χ1) is 5.11. The fourth-order valence-corrected chi connectivity index (χ4v) is 0.986. The Morgan fingerprint density at radius 3 is 2.73 bits per heavy atom. The number of nitrogens with zero attached hydrogens (tertiary/aromatic N) is 1. The first-order valence-corrected chi connectivity index (χ1v) is 3.54. The normalized spacial score (nSPS) is 23.1. The Morgan fingerprint density at radius 2 is 2.36 bits per heavy atom. The van der Waals surface area contributed by atoms with Crippen LogP contribution in [-0.4, -0.2) is 30.1 Å². The van der Waals surface area contributed by atoms with E-state index in [1.165, 1.54) is 11.8 Å². The fourth-order valence-electron chi connectivity index (χ4n) is 0.986. The predicted molar refractivity (Wildman–Crippen MR) is 37.6 cm³/mol. The van der Waals surface area contributed by atoms with Gasteiger partial charge in [0.05, 0.1) is 6.42 Å².